The maximum absolute atomic E-state index is 9.32. The number of rotatable bonds is 4. The van der Waals surface area contributed by atoms with E-state index in [1.165, 1.54) is 0 Å². The van der Waals surface area contributed by atoms with E-state index in [1.807, 2.05) is 0 Å². The number of halogens is 1. The third kappa shape index (κ3) is 3.38. The van der Waals surface area contributed by atoms with Crippen LogP contribution in [0.15, 0.2) is 18.2 Å². The molecule has 84 valence electrons. The van der Waals surface area contributed by atoms with Crippen molar-refractivity contribution in [3.05, 3.63) is 28.8 Å². The Kier molecular flexibility index (Phi) is 4.39. The fourth-order valence-corrected chi connectivity index (χ4v) is 1.32. The monoisotopic (exact) mass is 229 g/mol. The van der Waals surface area contributed by atoms with Gasteiger partial charge >= 0.3 is 0 Å². The number of hydrogen-bond acceptors (Lipinski definition) is 3. The summed E-state index contributed by atoms with van der Waals surface area (Å²) in [5.74, 6) is 0.676. The first-order valence-corrected chi connectivity index (χ1v) is 5.25. The minimum Gasteiger partial charge on any atom is -0.488 e. The molecule has 1 aromatic carbocycles. The molecule has 0 aliphatic carbocycles. The average molecular weight is 230 g/mol. The predicted molar refractivity (Wildman–Crippen MR) is 61.1 cm³/mol. The third-order valence-corrected chi connectivity index (χ3v) is 2.47. The van der Waals surface area contributed by atoms with Crippen LogP contribution in [0.3, 0.4) is 0 Å². The highest BCUT2D eigenvalue weighted by molar-refractivity contribution is 6.30. The second-order valence-corrected chi connectivity index (χ2v) is 3.96. The SMILES string of the molecule is CC(O)C(C)Oc1ccc(Cl)cc1CN. The van der Waals surface area contributed by atoms with Crippen molar-refractivity contribution in [3.63, 3.8) is 0 Å². The normalized spacial score (nSPS) is 14.7. The van der Waals surface area contributed by atoms with Crippen LogP contribution in [-0.4, -0.2) is 17.3 Å². The molecule has 3 N–H and O–H groups in total. The Morgan fingerprint density at radius 3 is 2.67 bits per heavy atom. The quantitative estimate of drug-likeness (QED) is 0.830. The Morgan fingerprint density at radius 1 is 1.47 bits per heavy atom. The minimum atomic E-state index is -0.522. The highest BCUT2D eigenvalue weighted by atomic mass is 35.5. The van der Waals surface area contributed by atoms with Crippen molar-refractivity contribution in [1.82, 2.24) is 0 Å². The molecule has 0 amide bonds. The standard InChI is InChI=1S/C11H16ClNO2/c1-7(14)8(2)15-11-4-3-10(12)5-9(11)6-13/h3-5,7-8,14H,6,13H2,1-2H3. The molecule has 0 radical (unpaired) electrons. The van der Waals surface area contributed by atoms with Gasteiger partial charge in [0, 0.05) is 17.1 Å². The van der Waals surface area contributed by atoms with Crippen molar-refractivity contribution in [1.29, 1.82) is 0 Å². The van der Waals surface area contributed by atoms with Crippen molar-refractivity contribution >= 4 is 11.6 Å². The zero-order chi connectivity index (χ0) is 11.4. The van der Waals surface area contributed by atoms with E-state index in [0.717, 1.165) is 5.56 Å². The van der Waals surface area contributed by atoms with Crippen molar-refractivity contribution < 1.29 is 9.84 Å². The van der Waals surface area contributed by atoms with Crippen LogP contribution < -0.4 is 10.5 Å². The molecule has 0 spiro atoms. The number of hydrogen-bond donors (Lipinski definition) is 2. The van der Waals surface area contributed by atoms with Gasteiger partial charge in [-0.1, -0.05) is 11.6 Å². The van der Waals surface area contributed by atoms with Crippen molar-refractivity contribution in [2.24, 2.45) is 5.73 Å². The molecule has 0 aromatic heterocycles. The number of benzene rings is 1. The Balaban J connectivity index is 2.84. The molecule has 15 heavy (non-hydrogen) atoms. The molecular weight excluding hydrogens is 214 g/mol. The summed E-state index contributed by atoms with van der Waals surface area (Å²) in [6, 6.07) is 5.28. The Morgan fingerprint density at radius 2 is 2.13 bits per heavy atom. The summed E-state index contributed by atoms with van der Waals surface area (Å²) in [5.41, 5.74) is 6.41. The van der Waals surface area contributed by atoms with Gasteiger partial charge in [-0.3, -0.25) is 0 Å². The van der Waals surface area contributed by atoms with Crippen molar-refractivity contribution in [2.45, 2.75) is 32.6 Å². The molecule has 0 saturated carbocycles. The minimum absolute atomic E-state index is 0.267. The van der Waals surface area contributed by atoms with Gasteiger partial charge in [-0.05, 0) is 32.0 Å². The molecule has 1 aromatic rings. The first kappa shape index (κ1) is 12.3. The summed E-state index contributed by atoms with van der Waals surface area (Å²) >= 11 is 5.83. The van der Waals surface area contributed by atoms with Gasteiger partial charge in [-0.25, -0.2) is 0 Å². The summed E-state index contributed by atoms with van der Waals surface area (Å²) in [6.07, 6.45) is -0.789. The van der Waals surface area contributed by atoms with E-state index in [1.54, 1.807) is 32.0 Å². The van der Waals surface area contributed by atoms with Crippen LogP contribution in [0.2, 0.25) is 5.02 Å². The molecular formula is C11H16ClNO2. The fourth-order valence-electron chi connectivity index (χ4n) is 1.12. The molecule has 0 saturated heterocycles. The van der Waals surface area contributed by atoms with Gasteiger partial charge < -0.3 is 15.6 Å². The largest absolute Gasteiger partial charge is 0.488 e. The first-order chi connectivity index (χ1) is 7.04. The van der Waals surface area contributed by atoms with Crippen LogP contribution >= 0.6 is 11.6 Å². The number of nitrogens with two attached hydrogens (primary N) is 1. The Labute approximate surface area is 94.8 Å². The molecule has 0 aliphatic heterocycles. The lowest BCUT2D eigenvalue weighted by atomic mass is 10.2. The first-order valence-electron chi connectivity index (χ1n) is 4.87. The molecule has 2 unspecified atom stereocenters. The highest BCUT2D eigenvalue weighted by Gasteiger charge is 2.12. The van der Waals surface area contributed by atoms with Gasteiger partial charge in [0.05, 0.1) is 6.10 Å². The lowest BCUT2D eigenvalue weighted by molar-refractivity contribution is 0.0598. The van der Waals surface area contributed by atoms with Crippen LogP contribution in [-0.2, 0) is 6.54 Å². The molecule has 4 heteroatoms. The van der Waals surface area contributed by atoms with Crippen LogP contribution in [0.25, 0.3) is 0 Å². The van der Waals surface area contributed by atoms with Gasteiger partial charge in [0.25, 0.3) is 0 Å². The number of aliphatic hydroxyl groups is 1. The molecule has 0 bridgehead atoms. The maximum Gasteiger partial charge on any atom is 0.124 e. The van der Waals surface area contributed by atoms with Crippen LogP contribution in [0.5, 0.6) is 5.75 Å². The van der Waals surface area contributed by atoms with E-state index in [-0.39, 0.29) is 6.10 Å². The van der Waals surface area contributed by atoms with Gasteiger partial charge in [-0.2, -0.15) is 0 Å². The summed E-state index contributed by atoms with van der Waals surface area (Å²) in [7, 11) is 0. The third-order valence-electron chi connectivity index (χ3n) is 2.23. The van der Waals surface area contributed by atoms with E-state index >= 15 is 0 Å². The van der Waals surface area contributed by atoms with Gasteiger partial charge in [-0.15, -0.1) is 0 Å². The molecule has 0 aliphatic rings. The molecule has 3 nitrogen and oxygen atoms in total. The Hall–Kier alpha value is -0.770. The summed E-state index contributed by atoms with van der Waals surface area (Å²) in [4.78, 5) is 0. The average Bonchev–Trinajstić information content (AvgIpc) is 2.20. The van der Waals surface area contributed by atoms with Crippen molar-refractivity contribution in [3.8, 4) is 5.75 Å². The van der Waals surface area contributed by atoms with Gasteiger partial charge in [0.15, 0.2) is 0 Å². The predicted octanol–water partition coefficient (Wildman–Crippen LogP) is 1.95. The lowest BCUT2D eigenvalue weighted by Crippen LogP contribution is -2.26. The summed E-state index contributed by atoms with van der Waals surface area (Å²) < 4.78 is 5.56. The second-order valence-electron chi connectivity index (χ2n) is 3.52. The van der Waals surface area contributed by atoms with Gasteiger partial charge in [0.2, 0.25) is 0 Å². The van der Waals surface area contributed by atoms with E-state index < -0.39 is 6.10 Å². The van der Waals surface area contributed by atoms with E-state index in [0.29, 0.717) is 17.3 Å². The van der Waals surface area contributed by atoms with E-state index in [2.05, 4.69) is 0 Å². The van der Waals surface area contributed by atoms with Crippen LogP contribution in [0.1, 0.15) is 19.4 Å². The molecule has 1 rings (SSSR count). The topological polar surface area (TPSA) is 55.5 Å². The number of ether oxygens (including phenoxy) is 1. The molecule has 2 atom stereocenters. The zero-order valence-corrected chi connectivity index (χ0v) is 9.66. The maximum atomic E-state index is 9.32. The lowest BCUT2D eigenvalue weighted by Gasteiger charge is -2.19. The fraction of sp³-hybridized carbons (Fsp3) is 0.455. The van der Waals surface area contributed by atoms with Crippen molar-refractivity contribution in [2.75, 3.05) is 0 Å². The van der Waals surface area contributed by atoms with Crippen LogP contribution in [0.4, 0.5) is 0 Å². The van der Waals surface area contributed by atoms with E-state index in [4.69, 9.17) is 22.1 Å². The van der Waals surface area contributed by atoms with Gasteiger partial charge in [0.1, 0.15) is 11.9 Å². The Bertz CT molecular complexity index is 328. The van der Waals surface area contributed by atoms with Crippen LogP contribution in [0, 0.1) is 0 Å². The number of aliphatic hydroxyl groups excluding tert-OH is 1. The smallest absolute Gasteiger partial charge is 0.124 e. The van der Waals surface area contributed by atoms with E-state index in [9.17, 15) is 5.11 Å². The molecule has 0 heterocycles. The summed E-state index contributed by atoms with van der Waals surface area (Å²) in [5, 5.41) is 9.95. The molecule has 0 fully saturated rings. The summed E-state index contributed by atoms with van der Waals surface area (Å²) in [6.45, 7) is 3.85. The second kappa shape index (κ2) is 5.35. The highest BCUT2D eigenvalue weighted by Crippen LogP contribution is 2.23. The zero-order valence-electron chi connectivity index (χ0n) is 8.90.